The van der Waals surface area contributed by atoms with Crippen LogP contribution in [0.3, 0.4) is 0 Å². The molecule has 2 aromatic heterocycles. The number of rotatable bonds is 13. The van der Waals surface area contributed by atoms with Crippen LogP contribution in [0.4, 0.5) is 0 Å². The van der Waals surface area contributed by atoms with E-state index < -0.39 is 38.6 Å². The van der Waals surface area contributed by atoms with Crippen molar-refractivity contribution < 1.29 is 27.9 Å². The predicted octanol–water partition coefficient (Wildman–Crippen LogP) is 0.765. The number of carbonyl (C=O) groups is 3. The number of aliphatic carboxylic acids is 1. The summed E-state index contributed by atoms with van der Waals surface area (Å²) in [6.45, 7) is 4.15. The van der Waals surface area contributed by atoms with Crippen LogP contribution in [0.2, 0.25) is 0 Å². The number of nitrogens with zero attached hydrogens (tertiary/aromatic N) is 5. The molecule has 13 nitrogen and oxygen atoms in total. The zero-order chi connectivity index (χ0) is 27.4. The summed E-state index contributed by atoms with van der Waals surface area (Å²) in [5, 5.41) is 27.4. The summed E-state index contributed by atoms with van der Waals surface area (Å²) in [6, 6.07) is 2.83. The fraction of sp³-hybridized carbons (Fsp3) is 0.524. The van der Waals surface area contributed by atoms with Crippen LogP contribution >= 0.6 is 34.9 Å². The van der Waals surface area contributed by atoms with Crippen molar-refractivity contribution in [2.24, 2.45) is 0 Å². The molecule has 206 valence electrons. The van der Waals surface area contributed by atoms with Gasteiger partial charge in [0, 0.05) is 29.0 Å². The maximum Gasteiger partial charge on any atom is 0.352 e. The third kappa shape index (κ3) is 6.06. The number of aromatic nitrogens is 4. The van der Waals surface area contributed by atoms with E-state index >= 15 is 0 Å². The quantitative estimate of drug-likeness (QED) is 0.218. The van der Waals surface area contributed by atoms with Gasteiger partial charge in [-0.15, -0.1) is 28.2 Å². The number of nitrogens with one attached hydrogen (secondary N) is 2. The average Bonchev–Trinajstić information content (AvgIpc) is 3.59. The molecule has 2 aromatic rings. The minimum Gasteiger partial charge on any atom is -0.477 e. The van der Waals surface area contributed by atoms with Gasteiger partial charge in [-0.1, -0.05) is 31.7 Å². The van der Waals surface area contributed by atoms with Crippen LogP contribution in [-0.2, 0) is 30.8 Å². The Hall–Kier alpha value is -2.47. The summed E-state index contributed by atoms with van der Waals surface area (Å²) in [4.78, 5) is 40.0. The molecule has 4 heterocycles. The van der Waals surface area contributed by atoms with Gasteiger partial charge in [-0.3, -0.25) is 14.5 Å². The molecule has 0 spiro atoms. The van der Waals surface area contributed by atoms with Crippen molar-refractivity contribution in [1.29, 1.82) is 0 Å². The van der Waals surface area contributed by atoms with Gasteiger partial charge in [-0.25, -0.2) is 22.6 Å². The first-order valence-corrected chi connectivity index (χ1v) is 16.2. The topological polar surface area (TPSA) is 179 Å². The Labute approximate surface area is 231 Å². The van der Waals surface area contributed by atoms with E-state index in [4.69, 9.17) is 0 Å². The highest BCUT2D eigenvalue weighted by Gasteiger charge is 2.54. The number of amides is 2. The summed E-state index contributed by atoms with van der Waals surface area (Å²) >= 11 is 3.88. The van der Waals surface area contributed by atoms with E-state index in [0.29, 0.717) is 23.8 Å². The van der Waals surface area contributed by atoms with E-state index in [9.17, 15) is 27.9 Å². The smallest absolute Gasteiger partial charge is 0.352 e. The number of thioether (sulfide) groups is 2. The van der Waals surface area contributed by atoms with Gasteiger partial charge in [-0.05, 0) is 33.9 Å². The van der Waals surface area contributed by atoms with E-state index in [1.807, 2.05) is 17.5 Å². The summed E-state index contributed by atoms with van der Waals surface area (Å²) < 4.78 is 27.1. The Bertz CT molecular complexity index is 1300. The lowest BCUT2D eigenvalue weighted by molar-refractivity contribution is -0.150. The molecule has 0 saturated carbocycles. The van der Waals surface area contributed by atoms with Crippen molar-refractivity contribution in [3.63, 3.8) is 0 Å². The molecule has 0 bridgehead atoms. The largest absolute Gasteiger partial charge is 0.477 e. The van der Waals surface area contributed by atoms with Crippen molar-refractivity contribution in [1.82, 2.24) is 35.1 Å². The Morgan fingerprint density at radius 1 is 1.37 bits per heavy atom. The van der Waals surface area contributed by atoms with Crippen LogP contribution in [0.5, 0.6) is 0 Å². The standard InChI is InChI=1S/C21H27N7O6S4/c1-3-27(4-2)38(33,34)9-7-14(37-21-23-25-26-24-21)13-11-36-19-16(18(30)28(19)17(13)20(31)32)22-15(29)10-12-6-5-8-35-12/h5-6,8,14,16,19H,3-4,7,9-11H2,1-2H3,(H,22,29)(H,31,32)(H,23,24,25,26)/t14?,16?,19-/m0/s1. The zero-order valence-corrected chi connectivity index (χ0v) is 23.8. The van der Waals surface area contributed by atoms with Crippen molar-refractivity contribution >= 4 is 62.7 Å². The summed E-state index contributed by atoms with van der Waals surface area (Å²) in [7, 11) is -3.58. The number of carboxylic acid groups (broad SMARTS) is 1. The van der Waals surface area contributed by atoms with Crippen molar-refractivity contribution in [2.45, 2.75) is 48.5 Å². The highest BCUT2D eigenvalue weighted by Crippen LogP contribution is 2.44. The summed E-state index contributed by atoms with van der Waals surface area (Å²) in [5.41, 5.74) is 0.222. The van der Waals surface area contributed by atoms with E-state index in [1.54, 1.807) is 13.8 Å². The van der Waals surface area contributed by atoms with Gasteiger partial charge in [-0.2, -0.15) is 0 Å². The first-order chi connectivity index (χ1) is 18.2. The molecular weight excluding hydrogens is 575 g/mol. The van der Waals surface area contributed by atoms with Gasteiger partial charge in [0.05, 0.1) is 12.2 Å². The maximum atomic E-state index is 13.1. The Morgan fingerprint density at radius 2 is 2.13 bits per heavy atom. The zero-order valence-electron chi connectivity index (χ0n) is 20.6. The van der Waals surface area contributed by atoms with Crippen molar-refractivity contribution in [3.8, 4) is 0 Å². The molecule has 3 atom stereocenters. The molecule has 38 heavy (non-hydrogen) atoms. The van der Waals surface area contributed by atoms with Gasteiger partial charge < -0.3 is 10.4 Å². The van der Waals surface area contributed by atoms with Crippen molar-refractivity contribution in [3.05, 3.63) is 33.7 Å². The molecule has 2 aliphatic heterocycles. The van der Waals surface area contributed by atoms with E-state index in [-0.39, 0.29) is 36.0 Å². The van der Waals surface area contributed by atoms with Crippen LogP contribution in [0.15, 0.2) is 33.9 Å². The maximum absolute atomic E-state index is 13.1. The Balaban J connectivity index is 1.56. The van der Waals surface area contributed by atoms with Crippen LogP contribution in [0.25, 0.3) is 0 Å². The van der Waals surface area contributed by atoms with E-state index in [0.717, 1.165) is 16.6 Å². The number of aromatic amines is 1. The van der Waals surface area contributed by atoms with Gasteiger partial charge in [0.2, 0.25) is 21.1 Å². The van der Waals surface area contributed by atoms with Crippen LogP contribution in [0, 0.1) is 0 Å². The lowest BCUT2D eigenvalue weighted by Gasteiger charge is -2.50. The molecule has 2 amide bonds. The van der Waals surface area contributed by atoms with Crippen LogP contribution in [0.1, 0.15) is 25.1 Å². The minimum absolute atomic E-state index is 0.0878. The number of tetrazole rings is 1. The molecule has 1 saturated heterocycles. The van der Waals surface area contributed by atoms with Gasteiger partial charge in [0.25, 0.3) is 5.91 Å². The predicted molar refractivity (Wildman–Crippen MR) is 143 cm³/mol. The molecular formula is C21H27N7O6S4. The molecule has 0 aromatic carbocycles. The highest BCUT2D eigenvalue weighted by molar-refractivity contribution is 8.01. The average molecular weight is 602 g/mol. The first-order valence-electron chi connectivity index (χ1n) is 11.8. The second-order valence-corrected chi connectivity index (χ2v) is 13.8. The monoisotopic (exact) mass is 601 g/mol. The number of hydrogen-bond donors (Lipinski definition) is 3. The summed E-state index contributed by atoms with van der Waals surface area (Å²) in [5.74, 6) is -2.11. The SMILES string of the molecule is CCN(CC)S(=O)(=O)CCC(Sc1nnn[nH]1)C1=C(C(=O)O)N2C(=O)C(NC(=O)Cc3cccs3)[C@@H]2SC1. The Morgan fingerprint density at radius 3 is 2.74 bits per heavy atom. The number of β-lactam (4-membered cyclic amide) rings is 1. The number of thiophene rings is 1. The molecule has 1 fully saturated rings. The van der Waals surface area contributed by atoms with E-state index in [2.05, 4.69) is 25.9 Å². The second kappa shape index (κ2) is 12.1. The molecule has 0 aliphatic carbocycles. The number of fused-ring (bicyclic) bond motifs is 1. The third-order valence-electron chi connectivity index (χ3n) is 6.14. The fourth-order valence-corrected chi connectivity index (χ4v) is 9.31. The van der Waals surface area contributed by atoms with E-state index in [1.165, 1.54) is 32.3 Å². The Kier molecular flexibility index (Phi) is 9.12. The van der Waals surface area contributed by atoms with Gasteiger partial charge in [0.15, 0.2) is 0 Å². The molecule has 2 unspecified atom stereocenters. The highest BCUT2D eigenvalue weighted by atomic mass is 32.2. The fourth-order valence-electron chi connectivity index (χ4n) is 4.33. The lowest BCUT2D eigenvalue weighted by Crippen LogP contribution is -2.70. The van der Waals surface area contributed by atoms with Crippen LogP contribution < -0.4 is 5.32 Å². The molecule has 2 aliphatic rings. The van der Waals surface area contributed by atoms with Crippen molar-refractivity contribution in [2.75, 3.05) is 24.6 Å². The minimum atomic E-state index is -3.58. The van der Waals surface area contributed by atoms with Crippen LogP contribution in [-0.4, -0.2) is 102 Å². The molecule has 3 N–H and O–H groups in total. The van der Waals surface area contributed by atoms with Gasteiger partial charge in [0.1, 0.15) is 17.1 Å². The third-order valence-corrected chi connectivity index (χ3v) is 11.6. The lowest BCUT2D eigenvalue weighted by atomic mass is 10.0. The van der Waals surface area contributed by atoms with Gasteiger partial charge >= 0.3 is 5.97 Å². The number of hydrogen-bond acceptors (Lipinski definition) is 11. The number of carboxylic acids is 1. The molecule has 4 rings (SSSR count). The molecule has 17 heteroatoms. The normalized spacial score (nSPS) is 20.3. The summed E-state index contributed by atoms with van der Waals surface area (Å²) in [6.07, 6.45) is 0.223. The first kappa shape index (κ1) is 28.5. The second-order valence-electron chi connectivity index (χ2n) is 8.39. The number of carbonyl (C=O) groups excluding carboxylic acids is 2. The molecule has 0 radical (unpaired) electrons. The number of H-pyrrole nitrogens is 1. The number of sulfonamides is 1.